The summed E-state index contributed by atoms with van der Waals surface area (Å²) in [6, 6.07) is 20.0. The predicted octanol–water partition coefficient (Wildman–Crippen LogP) is 3.42. The quantitative estimate of drug-likeness (QED) is 0.831. The van der Waals surface area contributed by atoms with Crippen molar-refractivity contribution in [3.8, 4) is 6.07 Å². The largest absolute Gasteiger partial charge is 0.265 e. The summed E-state index contributed by atoms with van der Waals surface area (Å²) >= 11 is 0. The first-order valence-corrected chi connectivity index (χ1v) is 6.69. The van der Waals surface area contributed by atoms with Gasteiger partial charge in [-0.3, -0.25) is 5.01 Å². The van der Waals surface area contributed by atoms with Crippen LogP contribution in [0.5, 0.6) is 0 Å². The molecule has 0 radical (unpaired) electrons. The molecule has 1 atom stereocenters. The first kappa shape index (κ1) is 12.4. The fourth-order valence-electron chi connectivity index (χ4n) is 2.44. The maximum atomic E-state index is 8.85. The van der Waals surface area contributed by atoms with Gasteiger partial charge >= 0.3 is 0 Å². The van der Waals surface area contributed by atoms with Gasteiger partial charge in [0.1, 0.15) is 0 Å². The van der Waals surface area contributed by atoms with E-state index in [-0.39, 0.29) is 0 Å². The first-order valence-electron chi connectivity index (χ1n) is 6.69. The van der Waals surface area contributed by atoms with Crippen molar-refractivity contribution in [1.82, 2.24) is 0 Å². The van der Waals surface area contributed by atoms with Crippen molar-refractivity contribution in [1.29, 1.82) is 5.26 Å². The van der Waals surface area contributed by atoms with E-state index in [9.17, 15) is 0 Å². The SMILES string of the molecule is CC1CN(c2ccccc2)N=C1c1ccc(C#N)cc1. The number of anilines is 1. The highest BCUT2D eigenvalue weighted by Crippen LogP contribution is 2.24. The summed E-state index contributed by atoms with van der Waals surface area (Å²) in [5, 5.41) is 15.6. The van der Waals surface area contributed by atoms with Gasteiger partial charge in [0.2, 0.25) is 0 Å². The number of nitriles is 1. The van der Waals surface area contributed by atoms with Crippen molar-refractivity contribution >= 4 is 11.4 Å². The Morgan fingerprint density at radius 2 is 1.80 bits per heavy atom. The molecule has 0 fully saturated rings. The second-order valence-electron chi connectivity index (χ2n) is 4.99. The van der Waals surface area contributed by atoms with E-state index in [0.29, 0.717) is 11.5 Å². The maximum Gasteiger partial charge on any atom is 0.0991 e. The molecule has 0 N–H and O–H groups in total. The van der Waals surface area contributed by atoms with Gasteiger partial charge in [-0.25, -0.2) is 0 Å². The van der Waals surface area contributed by atoms with Gasteiger partial charge in [-0.2, -0.15) is 10.4 Å². The third-order valence-electron chi connectivity index (χ3n) is 3.51. The summed E-state index contributed by atoms with van der Waals surface area (Å²) in [7, 11) is 0. The highest BCUT2D eigenvalue weighted by molar-refractivity contribution is 6.04. The Labute approximate surface area is 118 Å². The second kappa shape index (κ2) is 5.18. The number of nitrogens with zero attached hydrogens (tertiary/aromatic N) is 3. The monoisotopic (exact) mass is 261 g/mol. The highest BCUT2D eigenvalue weighted by Gasteiger charge is 2.24. The number of hydrogen-bond donors (Lipinski definition) is 0. The molecule has 0 bridgehead atoms. The topological polar surface area (TPSA) is 39.4 Å². The van der Waals surface area contributed by atoms with Crippen LogP contribution in [0, 0.1) is 17.2 Å². The molecule has 1 aliphatic heterocycles. The molecule has 0 aromatic heterocycles. The molecule has 98 valence electrons. The van der Waals surface area contributed by atoms with Crippen molar-refractivity contribution in [2.24, 2.45) is 11.0 Å². The van der Waals surface area contributed by atoms with Gasteiger partial charge < -0.3 is 0 Å². The molecular formula is C17H15N3. The predicted molar refractivity (Wildman–Crippen MR) is 80.6 cm³/mol. The smallest absolute Gasteiger partial charge is 0.0991 e. The van der Waals surface area contributed by atoms with Gasteiger partial charge in [0.25, 0.3) is 0 Å². The van der Waals surface area contributed by atoms with Gasteiger partial charge in [0.15, 0.2) is 0 Å². The molecule has 20 heavy (non-hydrogen) atoms. The summed E-state index contributed by atoms with van der Waals surface area (Å²) in [6.07, 6.45) is 0. The van der Waals surface area contributed by atoms with E-state index in [1.807, 2.05) is 47.5 Å². The van der Waals surface area contributed by atoms with Crippen LogP contribution in [0.15, 0.2) is 59.7 Å². The zero-order chi connectivity index (χ0) is 13.9. The highest BCUT2D eigenvalue weighted by atomic mass is 15.5. The molecular weight excluding hydrogens is 246 g/mol. The average molecular weight is 261 g/mol. The minimum absolute atomic E-state index is 0.378. The van der Waals surface area contributed by atoms with Crippen molar-refractivity contribution in [2.45, 2.75) is 6.92 Å². The summed E-state index contributed by atoms with van der Waals surface area (Å²) in [4.78, 5) is 0. The van der Waals surface area contributed by atoms with E-state index >= 15 is 0 Å². The zero-order valence-corrected chi connectivity index (χ0v) is 11.3. The van der Waals surface area contributed by atoms with E-state index in [2.05, 4.69) is 25.1 Å². The molecule has 2 aromatic carbocycles. The zero-order valence-electron chi connectivity index (χ0n) is 11.3. The Morgan fingerprint density at radius 1 is 1.10 bits per heavy atom. The molecule has 2 aromatic rings. The third kappa shape index (κ3) is 2.28. The summed E-state index contributed by atoms with van der Waals surface area (Å²) in [5.74, 6) is 0.378. The molecule has 3 nitrogen and oxygen atoms in total. The van der Waals surface area contributed by atoms with Crippen LogP contribution in [0.2, 0.25) is 0 Å². The van der Waals surface area contributed by atoms with Gasteiger partial charge in [-0.05, 0) is 29.8 Å². The van der Waals surface area contributed by atoms with Crippen molar-refractivity contribution < 1.29 is 0 Å². The summed E-state index contributed by atoms with van der Waals surface area (Å²) in [5.41, 5.74) is 3.97. The fraction of sp³-hybridized carbons (Fsp3) is 0.176. The lowest BCUT2D eigenvalue weighted by molar-refractivity contribution is 0.776. The minimum Gasteiger partial charge on any atom is -0.265 e. The first-order chi connectivity index (χ1) is 9.78. The molecule has 3 heteroatoms. The number of hydrogen-bond acceptors (Lipinski definition) is 3. The molecule has 1 unspecified atom stereocenters. The molecule has 0 spiro atoms. The Kier molecular flexibility index (Phi) is 3.22. The fourth-order valence-corrected chi connectivity index (χ4v) is 2.44. The normalized spacial score (nSPS) is 17.7. The van der Waals surface area contributed by atoms with E-state index in [0.717, 1.165) is 23.5 Å². The van der Waals surface area contributed by atoms with Gasteiger partial charge in [-0.1, -0.05) is 37.3 Å². The van der Waals surface area contributed by atoms with Crippen LogP contribution >= 0.6 is 0 Å². The molecule has 0 aliphatic carbocycles. The Bertz CT molecular complexity index is 666. The molecule has 3 rings (SSSR count). The Balaban J connectivity index is 1.91. The van der Waals surface area contributed by atoms with E-state index in [1.165, 1.54) is 0 Å². The van der Waals surface area contributed by atoms with Crippen molar-refractivity contribution in [2.75, 3.05) is 11.6 Å². The summed E-state index contributed by atoms with van der Waals surface area (Å²) < 4.78 is 0. The van der Waals surface area contributed by atoms with Crippen LogP contribution in [0.3, 0.4) is 0 Å². The lowest BCUT2D eigenvalue weighted by atomic mass is 9.98. The average Bonchev–Trinajstić information content (AvgIpc) is 2.90. The molecule has 0 saturated heterocycles. The number of hydrazone groups is 1. The van der Waals surface area contributed by atoms with Crippen LogP contribution in [0.1, 0.15) is 18.1 Å². The van der Waals surface area contributed by atoms with Crippen molar-refractivity contribution in [3.63, 3.8) is 0 Å². The number of benzene rings is 2. The Hall–Kier alpha value is -2.60. The van der Waals surface area contributed by atoms with Crippen LogP contribution in [0.4, 0.5) is 5.69 Å². The van der Waals surface area contributed by atoms with Crippen molar-refractivity contribution in [3.05, 3.63) is 65.7 Å². The van der Waals surface area contributed by atoms with Gasteiger partial charge in [0.05, 0.1) is 23.0 Å². The van der Waals surface area contributed by atoms with E-state index in [1.54, 1.807) is 0 Å². The second-order valence-corrected chi connectivity index (χ2v) is 4.99. The summed E-state index contributed by atoms with van der Waals surface area (Å²) in [6.45, 7) is 3.07. The minimum atomic E-state index is 0.378. The van der Waals surface area contributed by atoms with Crippen LogP contribution in [-0.2, 0) is 0 Å². The van der Waals surface area contributed by atoms with E-state index < -0.39 is 0 Å². The van der Waals surface area contributed by atoms with Crippen LogP contribution < -0.4 is 5.01 Å². The van der Waals surface area contributed by atoms with Crippen LogP contribution in [0.25, 0.3) is 0 Å². The van der Waals surface area contributed by atoms with E-state index in [4.69, 9.17) is 10.4 Å². The van der Waals surface area contributed by atoms with Gasteiger partial charge in [0, 0.05) is 12.5 Å². The molecule has 0 saturated carbocycles. The molecule has 1 aliphatic rings. The number of rotatable bonds is 2. The third-order valence-corrected chi connectivity index (χ3v) is 3.51. The lowest BCUT2D eigenvalue weighted by Gasteiger charge is -2.13. The molecule has 0 amide bonds. The molecule has 1 heterocycles. The Morgan fingerprint density at radius 3 is 2.45 bits per heavy atom. The lowest BCUT2D eigenvalue weighted by Crippen LogP contribution is -2.16. The standard InChI is InChI=1S/C17H15N3/c1-13-12-20(16-5-3-2-4-6-16)19-17(13)15-9-7-14(11-18)8-10-15/h2-10,13H,12H2,1H3. The van der Waals surface area contributed by atoms with Gasteiger partial charge in [-0.15, -0.1) is 0 Å². The maximum absolute atomic E-state index is 8.85. The van der Waals surface area contributed by atoms with Crippen LogP contribution in [-0.4, -0.2) is 12.3 Å². The number of para-hydroxylation sites is 1.